The molecular weight excluding hydrogens is 315 g/mol. The van der Waals surface area contributed by atoms with E-state index in [-0.39, 0.29) is 24.5 Å². The number of halogens is 1. The lowest BCUT2D eigenvalue weighted by Crippen LogP contribution is -2.40. The van der Waals surface area contributed by atoms with E-state index in [4.69, 9.17) is 15.2 Å². The fourth-order valence-corrected chi connectivity index (χ4v) is 2.80. The van der Waals surface area contributed by atoms with E-state index in [1.54, 1.807) is 23.1 Å². The second-order valence-corrected chi connectivity index (χ2v) is 5.68. The zero-order chi connectivity index (χ0) is 17.1. The van der Waals surface area contributed by atoms with E-state index in [2.05, 4.69) is 4.98 Å². The molecule has 0 radical (unpaired) electrons. The summed E-state index contributed by atoms with van der Waals surface area (Å²) in [6.07, 6.45) is -1.47. The quantitative estimate of drug-likeness (QED) is 0.646. The first-order valence-corrected chi connectivity index (χ1v) is 7.86. The molecule has 0 spiro atoms. The van der Waals surface area contributed by atoms with Gasteiger partial charge in [-0.1, -0.05) is 0 Å². The molecule has 1 fully saturated rings. The van der Waals surface area contributed by atoms with E-state index in [9.17, 15) is 4.79 Å². The van der Waals surface area contributed by atoms with Gasteiger partial charge in [0.2, 0.25) is 6.30 Å². The monoisotopic (exact) mass is 336 g/mol. The number of aromatic nitrogens is 2. The molecule has 0 aliphatic carbocycles. The molecule has 8 heteroatoms. The van der Waals surface area contributed by atoms with E-state index in [0.29, 0.717) is 42.9 Å². The lowest BCUT2D eigenvalue weighted by molar-refractivity contribution is -0.0266. The molecule has 1 aliphatic rings. The predicted octanol–water partition coefficient (Wildman–Crippen LogP) is 0.925. The van der Waals surface area contributed by atoms with Crippen LogP contribution in [0.5, 0.6) is 0 Å². The summed E-state index contributed by atoms with van der Waals surface area (Å²) in [5, 5.41) is 0.379. The molecule has 2 N–H and O–H groups in total. The van der Waals surface area contributed by atoms with Gasteiger partial charge in [-0.15, -0.1) is 0 Å². The molecule has 2 heterocycles. The molecule has 7 nitrogen and oxygen atoms in total. The highest BCUT2D eigenvalue weighted by atomic mass is 19.1. The third-order valence-electron chi connectivity index (χ3n) is 4.11. The summed E-state index contributed by atoms with van der Waals surface area (Å²) in [6, 6.07) is 4.86. The molecule has 130 valence electrons. The molecule has 0 amide bonds. The smallest absolute Gasteiger partial charge is 0.261 e. The Bertz CT molecular complexity index is 774. The summed E-state index contributed by atoms with van der Waals surface area (Å²) in [5.74, 6) is 0.0937. The third kappa shape index (κ3) is 3.26. The Morgan fingerprint density at radius 3 is 2.88 bits per heavy atom. The van der Waals surface area contributed by atoms with Crippen molar-refractivity contribution in [1.29, 1.82) is 0 Å². The number of methoxy groups -OCH3 is 1. The molecule has 24 heavy (non-hydrogen) atoms. The van der Waals surface area contributed by atoms with Gasteiger partial charge in [-0.05, 0) is 18.2 Å². The largest absolute Gasteiger partial charge is 0.399 e. The number of fused-ring (bicyclic) bond motifs is 1. The van der Waals surface area contributed by atoms with Gasteiger partial charge < -0.3 is 15.2 Å². The molecule has 0 bridgehead atoms. The van der Waals surface area contributed by atoms with Gasteiger partial charge in [0.15, 0.2) is 5.82 Å². The Balaban J connectivity index is 2.09. The van der Waals surface area contributed by atoms with E-state index in [0.717, 1.165) is 0 Å². The fourth-order valence-electron chi connectivity index (χ4n) is 2.80. The first kappa shape index (κ1) is 16.8. The van der Waals surface area contributed by atoms with Crippen molar-refractivity contribution in [2.75, 3.05) is 45.8 Å². The number of ether oxygens (including phenoxy) is 2. The van der Waals surface area contributed by atoms with Crippen LogP contribution in [0.1, 0.15) is 12.1 Å². The minimum absolute atomic E-state index is 0.0937. The van der Waals surface area contributed by atoms with Crippen LogP contribution in [0.25, 0.3) is 10.9 Å². The number of morpholine rings is 1. The first-order chi connectivity index (χ1) is 11.6. The molecule has 1 saturated heterocycles. The highest BCUT2D eigenvalue weighted by Gasteiger charge is 2.27. The molecule has 3 rings (SSSR count). The SMILES string of the molecule is COCCn1c(C(F)N2CCOCC2)nc2ccc(N)cc2c1=O. The topological polar surface area (TPSA) is 82.6 Å². The zero-order valence-corrected chi connectivity index (χ0v) is 13.6. The molecule has 2 aromatic rings. The van der Waals surface area contributed by atoms with Gasteiger partial charge in [-0.2, -0.15) is 0 Å². The maximum atomic E-state index is 15.1. The standard InChI is InChI=1S/C16H21FN4O3/c1-23-7-6-21-15(14(17)20-4-8-24-9-5-20)19-13-3-2-11(18)10-12(13)16(21)22/h2-3,10,14H,4-9,18H2,1H3. The van der Waals surface area contributed by atoms with Gasteiger partial charge in [0, 0.05) is 25.9 Å². The lowest BCUT2D eigenvalue weighted by Gasteiger charge is -2.30. The van der Waals surface area contributed by atoms with Crippen molar-refractivity contribution in [2.24, 2.45) is 0 Å². The summed E-state index contributed by atoms with van der Waals surface area (Å²) in [6.45, 7) is 2.37. The van der Waals surface area contributed by atoms with Crippen LogP contribution in [0.4, 0.5) is 10.1 Å². The van der Waals surface area contributed by atoms with Gasteiger partial charge in [0.25, 0.3) is 5.56 Å². The van der Waals surface area contributed by atoms with Gasteiger partial charge in [0.05, 0.1) is 37.3 Å². The van der Waals surface area contributed by atoms with Crippen molar-refractivity contribution in [3.8, 4) is 0 Å². The first-order valence-electron chi connectivity index (χ1n) is 7.86. The van der Waals surface area contributed by atoms with Crippen LogP contribution in [0.2, 0.25) is 0 Å². The van der Waals surface area contributed by atoms with Crippen LogP contribution < -0.4 is 11.3 Å². The molecule has 1 aromatic heterocycles. The van der Waals surface area contributed by atoms with E-state index in [1.165, 1.54) is 11.7 Å². The number of hydrogen-bond donors (Lipinski definition) is 1. The molecule has 1 unspecified atom stereocenters. The normalized spacial score (nSPS) is 17.2. The summed E-state index contributed by atoms with van der Waals surface area (Å²) >= 11 is 0. The fraction of sp³-hybridized carbons (Fsp3) is 0.500. The van der Waals surface area contributed by atoms with Crippen molar-refractivity contribution in [2.45, 2.75) is 12.8 Å². The zero-order valence-electron chi connectivity index (χ0n) is 13.6. The van der Waals surface area contributed by atoms with Crippen LogP contribution in [0.3, 0.4) is 0 Å². The molecule has 0 saturated carbocycles. The average Bonchev–Trinajstić information content (AvgIpc) is 2.61. The molecular formula is C16H21FN4O3. The number of anilines is 1. The second kappa shape index (κ2) is 7.25. The highest BCUT2D eigenvalue weighted by molar-refractivity contribution is 5.81. The van der Waals surface area contributed by atoms with Crippen LogP contribution >= 0.6 is 0 Å². The Hall–Kier alpha value is -2.03. The van der Waals surface area contributed by atoms with Gasteiger partial charge >= 0.3 is 0 Å². The Labute approximate surface area is 138 Å². The second-order valence-electron chi connectivity index (χ2n) is 5.68. The van der Waals surface area contributed by atoms with E-state index < -0.39 is 6.30 Å². The number of nitrogens with zero attached hydrogens (tertiary/aromatic N) is 3. The number of benzene rings is 1. The van der Waals surface area contributed by atoms with Crippen LogP contribution in [0, 0.1) is 0 Å². The molecule has 1 aromatic carbocycles. The van der Waals surface area contributed by atoms with Crippen molar-refractivity contribution in [1.82, 2.24) is 14.5 Å². The Morgan fingerprint density at radius 2 is 2.17 bits per heavy atom. The number of alkyl halides is 1. The summed E-state index contributed by atoms with van der Waals surface area (Å²) in [5.41, 5.74) is 6.36. The maximum Gasteiger partial charge on any atom is 0.261 e. The Kier molecular flexibility index (Phi) is 5.08. The average molecular weight is 336 g/mol. The summed E-state index contributed by atoms with van der Waals surface area (Å²) < 4.78 is 26.7. The van der Waals surface area contributed by atoms with Crippen LogP contribution in [0.15, 0.2) is 23.0 Å². The number of nitrogens with two attached hydrogens (primary N) is 1. The van der Waals surface area contributed by atoms with Crippen molar-refractivity contribution >= 4 is 16.6 Å². The predicted molar refractivity (Wildman–Crippen MR) is 88.5 cm³/mol. The van der Waals surface area contributed by atoms with E-state index >= 15 is 4.39 Å². The number of nitrogen functional groups attached to an aromatic ring is 1. The molecule has 1 aliphatic heterocycles. The summed E-state index contributed by atoms with van der Waals surface area (Å²) in [4.78, 5) is 18.8. The molecule has 1 atom stereocenters. The van der Waals surface area contributed by atoms with E-state index in [1.807, 2.05) is 0 Å². The van der Waals surface area contributed by atoms with Gasteiger partial charge in [0.1, 0.15) is 0 Å². The minimum Gasteiger partial charge on any atom is -0.399 e. The maximum absolute atomic E-state index is 15.1. The van der Waals surface area contributed by atoms with Crippen molar-refractivity contribution < 1.29 is 13.9 Å². The van der Waals surface area contributed by atoms with Gasteiger partial charge in [-0.3, -0.25) is 14.3 Å². The Morgan fingerprint density at radius 1 is 1.42 bits per heavy atom. The van der Waals surface area contributed by atoms with Gasteiger partial charge in [-0.25, -0.2) is 9.37 Å². The van der Waals surface area contributed by atoms with Crippen LogP contribution in [-0.2, 0) is 16.0 Å². The highest BCUT2D eigenvalue weighted by Crippen LogP contribution is 2.23. The number of hydrogen-bond acceptors (Lipinski definition) is 6. The summed E-state index contributed by atoms with van der Waals surface area (Å²) in [7, 11) is 1.53. The minimum atomic E-state index is -1.47. The van der Waals surface area contributed by atoms with Crippen molar-refractivity contribution in [3.05, 3.63) is 34.4 Å². The third-order valence-corrected chi connectivity index (χ3v) is 4.11. The lowest BCUT2D eigenvalue weighted by atomic mass is 10.2. The van der Waals surface area contributed by atoms with Crippen molar-refractivity contribution in [3.63, 3.8) is 0 Å². The van der Waals surface area contributed by atoms with Crippen LogP contribution in [-0.4, -0.2) is 54.5 Å². The number of rotatable bonds is 5.